The van der Waals surface area contributed by atoms with Crippen LogP contribution in [0.2, 0.25) is 0 Å². The summed E-state index contributed by atoms with van der Waals surface area (Å²) in [7, 11) is 0. The van der Waals surface area contributed by atoms with Gasteiger partial charge in [-0.2, -0.15) is 0 Å². The summed E-state index contributed by atoms with van der Waals surface area (Å²) in [5.41, 5.74) is 1.74. The molecule has 1 amide bonds. The number of aromatic carboxylic acids is 1. The van der Waals surface area contributed by atoms with Gasteiger partial charge in [0.15, 0.2) is 0 Å². The van der Waals surface area contributed by atoms with Crippen molar-refractivity contribution in [1.82, 2.24) is 0 Å². The first kappa shape index (κ1) is 13.0. The molecule has 0 radical (unpaired) electrons. The molecule has 2 unspecified atom stereocenters. The molecule has 1 fully saturated rings. The number of carbonyl (C=O) groups excluding carboxylic acids is 1. The third-order valence-corrected chi connectivity index (χ3v) is 4.63. The summed E-state index contributed by atoms with van der Waals surface area (Å²) in [6, 6.07) is 10.8. The van der Waals surface area contributed by atoms with E-state index >= 15 is 0 Å². The number of hydrogen-bond donors (Lipinski definition) is 2. The molecule has 0 saturated heterocycles. The first-order chi connectivity index (χ1) is 10.5. The Kier molecular flexibility index (Phi) is 2.46. The molecular weight excluding hydrogens is 285 g/mol. The number of benzene rings is 2. The van der Waals surface area contributed by atoms with E-state index in [2.05, 4.69) is 5.32 Å². The Balaban J connectivity index is 1.79. The highest BCUT2D eigenvalue weighted by Gasteiger charge is 2.65. The second kappa shape index (κ2) is 4.16. The normalized spacial score (nSPS) is 25.0. The maximum Gasteiger partial charge on any atom is 0.335 e. The minimum atomic E-state index is -1.02. The fourth-order valence-corrected chi connectivity index (χ4v) is 3.42. The minimum absolute atomic E-state index is 0.0432. The van der Waals surface area contributed by atoms with Crippen LogP contribution in [-0.2, 0) is 10.2 Å². The van der Waals surface area contributed by atoms with Crippen LogP contribution in [0.15, 0.2) is 42.5 Å². The molecule has 5 heteroatoms. The van der Waals surface area contributed by atoms with Crippen molar-refractivity contribution in [2.45, 2.75) is 17.8 Å². The lowest BCUT2D eigenvalue weighted by molar-refractivity contribution is -0.118. The van der Waals surface area contributed by atoms with E-state index in [1.165, 1.54) is 18.2 Å². The Morgan fingerprint density at radius 2 is 1.95 bits per heavy atom. The van der Waals surface area contributed by atoms with Crippen molar-refractivity contribution in [1.29, 1.82) is 0 Å². The van der Waals surface area contributed by atoms with E-state index < -0.39 is 11.4 Å². The summed E-state index contributed by atoms with van der Waals surface area (Å²) < 4.78 is 13.1. The Bertz CT molecular complexity index is 815. The molecule has 2 aromatic rings. The zero-order chi connectivity index (χ0) is 15.5. The number of hydrogen-bond acceptors (Lipinski definition) is 2. The van der Waals surface area contributed by atoms with Crippen LogP contribution >= 0.6 is 0 Å². The Morgan fingerprint density at radius 3 is 2.64 bits per heavy atom. The van der Waals surface area contributed by atoms with Crippen LogP contribution in [0.1, 0.15) is 33.8 Å². The van der Waals surface area contributed by atoms with Gasteiger partial charge >= 0.3 is 5.97 Å². The van der Waals surface area contributed by atoms with Crippen molar-refractivity contribution in [2.24, 2.45) is 0 Å². The molecule has 1 spiro atoms. The number of halogens is 1. The number of fused-ring (bicyclic) bond motifs is 2. The predicted molar refractivity (Wildman–Crippen MR) is 77.5 cm³/mol. The quantitative estimate of drug-likeness (QED) is 0.895. The van der Waals surface area contributed by atoms with Gasteiger partial charge < -0.3 is 10.4 Å². The number of carbonyl (C=O) groups is 2. The molecule has 110 valence electrons. The second-order valence-corrected chi connectivity index (χ2v) is 5.80. The van der Waals surface area contributed by atoms with Crippen molar-refractivity contribution in [2.75, 3.05) is 5.32 Å². The summed E-state index contributed by atoms with van der Waals surface area (Å²) in [6.45, 7) is 0. The molecule has 0 aromatic heterocycles. The van der Waals surface area contributed by atoms with Gasteiger partial charge in [0.25, 0.3) is 0 Å². The number of carboxylic acids is 1. The Morgan fingerprint density at radius 1 is 1.23 bits per heavy atom. The van der Waals surface area contributed by atoms with Gasteiger partial charge in [-0.05, 0) is 47.9 Å². The largest absolute Gasteiger partial charge is 0.478 e. The number of carboxylic acid groups (broad SMARTS) is 1. The van der Waals surface area contributed by atoms with Crippen LogP contribution < -0.4 is 5.32 Å². The van der Waals surface area contributed by atoms with Gasteiger partial charge in [-0.15, -0.1) is 0 Å². The molecule has 2 N–H and O–H groups in total. The van der Waals surface area contributed by atoms with Crippen molar-refractivity contribution >= 4 is 17.6 Å². The van der Waals surface area contributed by atoms with Crippen molar-refractivity contribution in [3.63, 3.8) is 0 Å². The van der Waals surface area contributed by atoms with Crippen molar-refractivity contribution in [3.8, 4) is 0 Å². The predicted octanol–water partition coefficient (Wildman–Crippen LogP) is 2.90. The van der Waals surface area contributed by atoms with E-state index in [9.17, 15) is 14.0 Å². The lowest BCUT2D eigenvalue weighted by atomic mass is 9.91. The number of amides is 1. The lowest BCUT2D eigenvalue weighted by Crippen LogP contribution is -2.21. The van der Waals surface area contributed by atoms with Crippen molar-refractivity contribution in [3.05, 3.63) is 65.0 Å². The SMILES string of the molecule is O=C(O)c1ccc2c(c1)C1(CC1c1ccc(F)cc1)C(=O)N2. The maximum atomic E-state index is 13.1. The molecule has 22 heavy (non-hydrogen) atoms. The molecule has 2 aliphatic rings. The van der Waals surface area contributed by atoms with Crippen LogP contribution in [0.5, 0.6) is 0 Å². The van der Waals surface area contributed by atoms with Crippen LogP contribution in [0.4, 0.5) is 10.1 Å². The third-order valence-electron chi connectivity index (χ3n) is 4.63. The Labute approximate surface area is 125 Å². The lowest BCUT2D eigenvalue weighted by Gasteiger charge is -2.09. The Hall–Kier alpha value is -2.69. The molecule has 1 heterocycles. The van der Waals surface area contributed by atoms with E-state index in [0.29, 0.717) is 12.1 Å². The molecule has 4 nitrogen and oxygen atoms in total. The summed E-state index contributed by atoms with van der Waals surface area (Å²) in [6.07, 6.45) is 0.612. The number of rotatable bonds is 2. The molecule has 2 aromatic carbocycles. The molecular formula is C17H12FNO3. The highest BCUT2D eigenvalue weighted by molar-refractivity contribution is 6.10. The van der Waals surface area contributed by atoms with Crippen LogP contribution in [-0.4, -0.2) is 17.0 Å². The third kappa shape index (κ3) is 1.62. The minimum Gasteiger partial charge on any atom is -0.478 e. The fourth-order valence-electron chi connectivity index (χ4n) is 3.42. The topological polar surface area (TPSA) is 66.4 Å². The maximum absolute atomic E-state index is 13.1. The van der Waals surface area contributed by atoms with Crippen LogP contribution in [0, 0.1) is 5.82 Å². The fraction of sp³-hybridized carbons (Fsp3) is 0.176. The zero-order valence-corrected chi connectivity index (χ0v) is 11.5. The van der Waals surface area contributed by atoms with Gasteiger partial charge in [-0.3, -0.25) is 4.79 Å². The van der Waals surface area contributed by atoms with E-state index in [0.717, 1.165) is 11.1 Å². The van der Waals surface area contributed by atoms with Crippen LogP contribution in [0.25, 0.3) is 0 Å². The van der Waals surface area contributed by atoms with Gasteiger partial charge in [-0.1, -0.05) is 12.1 Å². The van der Waals surface area contributed by atoms with Gasteiger partial charge in [0.05, 0.1) is 11.0 Å². The summed E-state index contributed by atoms with van der Waals surface area (Å²) in [5.74, 6) is -1.49. The molecule has 1 aliphatic heterocycles. The summed E-state index contributed by atoms with van der Waals surface area (Å²) >= 11 is 0. The first-order valence-electron chi connectivity index (χ1n) is 6.97. The van der Waals surface area contributed by atoms with Crippen LogP contribution in [0.3, 0.4) is 0 Å². The summed E-state index contributed by atoms with van der Waals surface area (Å²) in [4.78, 5) is 23.6. The van der Waals surface area contributed by atoms with Gasteiger partial charge in [0, 0.05) is 11.6 Å². The monoisotopic (exact) mass is 297 g/mol. The summed E-state index contributed by atoms with van der Waals surface area (Å²) in [5, 5.41) is 12.0. The number of anilines is 1. The molecule has 4 rings (SSSR count). The molecule has 1 aliphatic carbocycles. The smallest absolute Gasteiger partial charge is 0.335 e. The van der Waals surface area contributed by atoms with Crippen molar-refractivity contribution < 1.29 is 19.1 Å². The van der Waals surface area contributed by atoms with E-state index in [4.69, 9.17) is 5.11 Å². The second-order valence-electron chi connectivity index (χ2n) is 5.80. The number of nitrogens with one attached hydrogen (secondary N) is 1. The average Bonchev–Trinajstić information content (AvgIpc) is 3.18. The highest BCUT2D eigenvalue weighted by atomic mass is 19.1. The van der Waals surface area contributed by atoms with E-state index in [-0.39, 0.29) is 23.2 Å². The first-order valence-corrected chi connectivity index (χ1v) is 6.97. The molecule has 0 bridgehead atoms. The van der Waals surface area contributed by atoms with E-state index in [1.54, 1.807) is 24.3 Å². The zero-order valence-electron chi connectivity index (χ0n) is 11.5. The van der Waals surface area contributed by atoms with Gasteiger partial charge in [0.1, 0.15) is 5.82 Å². The van der Waals surface area contributed by atoms with Gasteiger partial charge in [0.2, 0.25) is 5.91 Å². The molecule has 1 saturated carbocycles. The van der Waals surface area contributed by atoms with E-state index in [1.807, 2.05) is 0 Å². The highest BCUT2D eigenvalue weighted by Crippen LogP contribution is 2.64. The standard InChI is InChI=1S/C17H12FNO3/c18-11-4-1-9(2-5-11)13-8-17(13)12-7-10(15(20)21)3-6-14(12)19-16(17)22/h1-7,13H,8H2,(H,19,22)(H,20,21). The average molecular weight is 297 g/mol. The molecule has 2 atom stereocenters. The van der Waals surface area contributed by atoms with Gasteiger partial charge in [-0.25, -0.2) is 9.18 Å².